The first-order chi connectivity index (χ1) is 8.28. The van der Waals surface area contributed by atoms with Gasteiger partial charge in [0.1, 0.15) is 0 Å². The average Bonchev–Trinajstić information content (AvgIpc) is 2.19. The van der Waals surface area contributed by atoms with Crippen LogP contribution < -0.4 is 0 Å². The van der Waals surface area contributed by atoms with E-state index in [1.807, 2.05) is 0 Å². The third-order valence-corrected chi connectivity index (χ3v) is 58.5. The molecule has 0 N–H and O–H groups in total. The molecule has 0 radical (unpaired) electrons. The summed E-state index contributed by atoms with van der Waals surface area (Å²) < 4.78 is 1.92. The van der Waals surface area contributed by atoms with Gasteiger partial charge in [0, 0.05) is 0 Å². The maximum absolute atomic E-state index is 2.45. The third-order valence-electron chi connectivity index (χ3n) is 2.51. The molecule has 0 saturated carbocycles. The third kappa shape index (κ3) is 4.99. The van der Waals surface area contributed by atoms with Gasteiger partial charge in [-0.3, -0.25) is 0 Å². The molecule has 0 spiro atoms. The molecule has 0 aromatic heterocycles. The van der Waals surface area contributed by atoms with Crippen molar-refractivity contribution in [1.29, 1.82) is 0 Å². The number of hydrogen-bond donors (Lipinski definition) is 0. The summed E-state index contributed by atoms with van der Waals surface area (Å²) in [6, 6.07) is 0. The molecule has 0 aromatic carbocycles. The summed E-state index contributed by atoms with van der Waals surface area (Å²) in [7, 11) is 9.66. The summed E-state index contributed by atoms with van der Waals surface area (Å²) in [6.45, 7) is 4.71. The molecule has 2 aliphatic rings. The van der Waals surface area contributed by atoms with Gasteiger partial charge in [0.25, 0.3) is 0 Å². The van der Waals surface area contributed by atoms with Gasteiger partial charge in [-0.1, -0.05) is 0 Å². The fraction of sp³-hybridized carbons (Fsp3) is 1.00. The Labute approximate surface area is 129 Å². The standard InChI is InChI=1S/2C3H6S2.2C2H6S.Sn/c2*4-3-1-2-5-3;2*1-2-3;/h2*3-4H,1-2H2;2*3H,2H2,1H3;/q;;;;+4/p-4. The molecule has 0 nitrogen and oxygen atoms in total. The zero-order chi connectivity index (χ0) is 12.1. The molecule has 0 aliphatic carbocycles. The van der Waals surface area contributed by atoms with Crippen molar-refractivity contribution in [2.45, 2.75) is 35.9 Å². The van der Waals surface area contributed by atoms with E-state index < -0.39 is 12.8 Å². The van der Waals surface area contributed by atoms with Gasteiger partial charge < -0.3 is 0 Å². The van der Waals surface area contributed by atoms with Gasteiger partial charge in [-0.25, -0.2) is 0 Å². The fourth-order valence-corrected chi connectivity index (χ4v) is 76.3. The van der Waals surface area contributed by atoms with Crippen molar-refractivity contribution in [2.24, 2.45) is 0 Å². The first-order valence-corrected chi connectivity index (χ1v) is 26.0. The summed E-state index contributed by atoms with van der Waals surface area (Å²) in [5.74, 6) is 5.49. The Bertz CT molecular complexity index is 207. The molecular formula is C10H20S6Sn. The van der Waals surface area contributed by atoms with Crippen molar-refractivity contribution in [3.63, 3.8) is 0 Å². The van der Waals surface area contributed by atoms with E-state index in [0.29, 0.717) is 0 Å². The quantitative estimate of drug-likeness (QED) is 0.455. The van der Waals surface area contributed by atoms with E-state index in [4.69, 9.17) is 0 Å². The summed E-state index contributed by atoms with van der Waals surface area (Å²) in [6.07, 6.45) is 2.95. The van der Waals surface area contributed by atoms with Gasteiger partial charge in [0.2, 0.25) is 0 Å². The molecule has 17 heavy (non-hydrogen) atoms. The van der Waals surface area contributed by atoms with Crippen LogP contribution in [0.3, 0.4) is 0 Å². The summed E-state index contributed by atoms with van der Waals surface area (Å²) >= 11 is 2.35. The van der Waals surface area contributed by atoms with Crippen LogP contribution in [-0.2, 0) is 0 Å². The van der Waals surface area contributed by atoms with Gasteiger partial charge in [-0.05, 0) is 0 Å². The molecule has 2 heterocycles. The van der Waals surface area contributed by atoms with Gasteiger partial charge >= 0.3 is 131 Å². The second kappa shape index (κ2) is 8.37. The second-order valence-corrected chi connectivity index (χ2v) is 49.0. The van der Waals surface area contributed by atoms with Crippen LogP contribution in [0, 0.1) is 0 Å². The van der Waals surface area contributed by atoms with Crippen molar-refractivity contribution >= 4 is 72.2 Å². The topological polar surface area (TPSA) is 0 Å². The Hall–Kier alpha value is 2.90. The molecule has 2 saturated heterocycles. The molecule has 2 aliphatic heterocycles. The van der Waals surface area contributed by atoms with Crippen molar-refractivity contribution in [3.8, 4) is 0 Å². The van der Waals surface area contributed by atoms with Gasteiger partial charge in [0.05, 0.1) is 0 Å². The molecule has 100 valence electrons. The van der Waals surface area contributed by atoms with E-state index in [1.54, 1.807) is 0 Å². The van der Waals surface area contributed by atoms with Crippen LogP contribution in [0.15, 0.2) is 0 Å². The van der Waals surface area contributed by atoms with E-state index in [0.717, 1.165) is 9.16 Å². The SMILES string of the molecule is CC[S][Sn]([S]CC)([S]C1CCS1)[S]C1CCS1. The molecule has 2 atom stereocenters. The average molecular weight is 451 g/mol. The van der Waals surface area contributed by atoms with Crippen LogP contribution >= 0.6 is 59.3 Å². The van der Waals surface area contributed by atoms with Gasteiger partial charge in [0.15, 0.2) is 0 Å². The Morgan fingerprint density at radius 1 is 0.941 bits per heavy atom. The number of thioether (sulfide) groups is 2. The number of hydrogen-bond acceptors (Lipinski definition) is 6. The van der Waals surface area contributed by atoms with Crippen molar-refractivity contribution in [1.82, 2.24) is 0 Å². The van der Waals surface area contributed by atoms with Crippen LogP contribution in [-0.4, -0.2) is 45.0 Å². The molecule has 2 fully saturated rings. The predicted molar refractivity (Wildman–Crippen MR) is 98.9 cm³/mol. The van der Waals surface area contributed by atoms with E-state index in [9.17, 15) is 0 Å². The van der Waals surface area contributed by atoms with E-state index in [-0.39, 0.29) is 0 Å². The van der Waals surface area contributed by atoms with E-state index in [2.05, 4.69) is 73.2 Å². The minimum absolute atomic E-state index is 0.960. The molecule has 2 unspecified atom stereocenters. The van der Waals surface area contributed by atoms with Crippen molar-refractivity contribution < 1.29 is 0 Å². The first-order valence-electron chi connectivity index (χ1n) is 6.14. The molecule has 7 heteroatoms. The predicted octanol–water partition coefficient (Wildman–Crippen LogP) is 5.32. The maximum atomic E-state index is 2.45. The van der Waals surface area contributed by atoms with Crippen LogP contribution in [0.2, 0.25) is 0 Å². The molecule has 2 rings (SSSR count). The summed E-state index contributed by atoms with van der Waals surface area (Å²) in [5.41, 5.74) is 0. The van der Waals surface area contributed by atoms with E-state index in [1.165, 1.54) is 35.9 Å². The monoisotopic (exact) mass is 452 g/mol. The van der Waals surface area contributed by atoms with Crippen LogP contribution in [0.25, 0.3) is 0 Å². The zero-order valence-corrected chi connectivity index (χ0v) is 18.1. The minimum atomic E-state index is -2.06. The first kappa shape index (κ1) is 16.3. The zero-order valence-electron chi connectivity index (χ0n) is 10.3. The molecular weight excluding hydrogens is 431 g/mol. The summed E-state index contributed by atoms with van der Waals surface area (Å²) in [4.78, 5) is 0. The Kier molecular flexibility index (Phi) is 8.01. The van der Waals surface area contributed by atoms with Gasteiger partial charge in [-0.15, -0.1) is 0 Å². The Morgan fingerprint density at radius 3 is 1.59 bits per heavy atom. The van der Waals surface area contributed by atoms with Crippen molar-refractivity contribution in [2.75, 3.05) is 23.0 Å². The Balaban J connectivity index is 1.93. The molecule has 0 amide bonds. The summed E-state index contributed by atoms with van der Waals surface area (Å²) in [5, 5.41) is 0. The fourth-order valence-electron chi connectivity index (χ4n) is 1.50. The molecule has 0 bridgehead atoms. The second-order valence-electron chi connectivity index (χ2n) is 3.78. The Morgan fingerprint density at radius 2 is 1.35 bits per heavy atom. The van der Waals surface area contributed by atoms with Crippen molar-refractivity contribution in [3.05, 3.63) is 0 Å². The van der Waals surface area contributed by atoms with E-state index >= 15 is 0 Å². The van der Waals surface area contributed by atoms with Crippen LogP contribution in [0.4, 0.5) is 0 Å². The van der Waals surface area contributed by atoms with Crippen LogP contribution in [0.5, 0.6) is 0 Å². The normalized spacial score (nSPS) is 28.6. The van der Waals surface area contributed by atoms with Crippen LogP contribution in [0.1, 0.15) is 26.7 Å². The molecule has 0 aromatic rings. The van der Waals surface area contributed by atoms with Gasteiger partial charge in [-0.2, -0.15) is 0 Å². The number of rotatable bonds is 8.